The van der Waals surface area contributed by atoms with Crippen molar-refractivity contribution in [3.63, 3.8) is 0 Å². The van der Waals surface area contributed by atoms with E-state index < -0.39 is 11.4 Å². The Bertz CT molecular complexity index is 392. The summed E-state index contributed by atoms with van der Waals surface area (Å²) in [4.78, 5) is 27.4. The third-order valence-electron chi connectivity index (χ3n) is 4.93. The Morgan fingerprint density at radius 1 is 1.29 bits per heavy atom. The van der Waals surface area contributed by atoms with Gasteiger partial charge in [-0.25, -0.2) is 4.79 Å². The van der Waals surface area contributed by atoms with Crippen LogP contribution >= 0.6 is 0 Å². The van der Waals surface area contributed by atoms with Gasteiger partial charge in [0.05, 0.1) is 5.41 Å². The molecule has 0 aliphatic carbocycles. The van der Waals surface area contributed by atoms with Gasteiger partial charge in [-0.3, -0.25) is 4.79 Å². The first-order valence-electron chi connectivity index (χ1n) is 7.85. The largest absolute Gasteiger partial charge is 0.481 e. The van der Waals surface area contributed by atoms with E-state index in [2.05, 4.69) is 17.3 Å². The van der Waals surface area contributed by atoms with E-state index in [0.717, 1.165) is 19.6 Å². The van der Waals surface area contributed by atoms with Crippen molar-refractivity contribution >= 4 is 12.0 Å². The average molecular weight is 297 g/mol. The zero-order chi connectivity index (χ0) is 15.5. The van der Waals surface area contributed by atoms with Gasteiger partial charge < -0.3 is 20.2 Å². The highest BCUT2D eigenvalue weighted by Crippen LogP contribution is 2.30. The van der Waals surface area contributed by atoms with Crippen molar-refractivity contribution < 1.29 is 14.7 Å². The summed E-state index contributed by atoms with van der Waals surface area (Å²) in [5, 5.41) is 12.2. The van der Waals surface area contributed by atoms with Crippen LogP contribution in [0.25, 0.3) is 0 Å². The molecular formula is C15H27N3O3. The van der Waals surface area contributed by atoms with E-state index in [0.29, 0.717) is 31.8 Å². The second-order valence-corrected chi connectivity index (χ2v) is 6.81. The van der Waals surface area contributed by atoms with Crippen LogP contribution in [0.1, 0.15) is 32.6 Å². The van der Waals surface area contributed by atoms with Crippen LogP contribution < -0.4 is 5.32 Å². The van der Waals surface area contributed by atoms with Crippen LogP contribution in [0.5, 0.6) is 0 Å². The quantitative estimate of drug-likeness (QED) is 0.821. The third kappa shape index (κ3) is 4.09. The number of aliphatic carboxylic acids is 1. The highest BCUT2D eigenvalue weighted by atomic mass is 16.4. The number of hydrogen-bond acceptors (Lipinski definition) is 3. The van der Waals surface area contributed by atoms with E-state index in [1.54, 1.807) is 11.8 Å². The molecule has 0 bridgehead atoms. The number of carboxylic acids is 1. The van der Waals surface area contributed by atoms with E-state index in [1.165, 1.54) is 12.8 Å². The number of urea groups is 1. The van der Waals surface area contributed by atoms with E-state index in [4.69, 9.17) is 0 Å². The fraction of sp³-hybridized carbons (Fsp3) is 0.867. The predicted molar refractivity (Wildman–Crippen MR) is 80.2 cm³/mol. The van der Waals surface area contributed by atoms with Crippen molar-refractivity contribution in [2.75, 3.05) is 39.8 Å². The number of carboxylic acid groups (broad SMARTS) is 1. The van der Waals surface area contributed by atoms with Crippen molar-refractivity contribution in [1.29, 1.82) is 0 Å². The number of rotatable bonds is 3. The summed E-state index contributed by atoms with van der Waals surface area (Å²) in [6, 6.07) is -0.0457. The molecule has 0 aromatic rings. The van der Waals surface area contributed by atoms with Gasteiger partial charge in [0.1, 0.15) is 0 Å². The first-order chi connectivity index (χ1) is 9.90. The third-order valence-corrected chi connectivity index (χ3v) is 4.93. The standard InChI is InChI=1S/C15H27N3O3/c1-15(13(19)20)5-8-18(9-6-15)14(21)16-10-12-4-3-7-17(2)11-12/h12H,3-11H2,1-2H3,(H,16,21)(H,19,20). The number of piperidine rings is 2. The molecule has 0 saturated carbocycles. The van der Waals surface area contributed by atoms with Crippen LogP contribution in [0.15, 0.2) is 0 Å². The van der Waals surface area contributed by atoms with E-state index in [-0.39, 0.29) is 6.03 Å². The number of carbonyl (C=O) groups excluding carboxylic acids is 1. The van der Waals surface area contributed by atoms with Gasteiger partial charge in [-0.05, 0) is 52.1 Å². The molecule has 2 aliphatic heterocycles. The molecule has 2 saturated heterocycles. The Hall–Kier alpha value is -1.30. The lowest BCUT2D eigenvalue weighted by atomic mass is 9.80. The molecule has 6 heteroatoms. The monoisotopic (exact) mass is 297 g/mol. The first kappa shape index (κ1) is 16.1. The SMILES string of the molecule is CN1CCCC(CNC(=O)N2CCC(C)(C(=O)O)CC2)C1. The average Bonchev–Trinajstić information content (AvgIpc) is 2.45. The molecule has 21 heavy (non-hydrogen) atoms. The molecule has 0 radical (unpaired) electrons. The molecule has 1 unspecified atom stereocenters. The van der Waals surface area contributed by atoms with Crippen LogP contribution in [0.3, 0.4) is 0 Å². The molecule has 2 fully saturated rings. The fourth-order valence-corrected chi connectivity index (χ4v) is 3.20. The molecule has 2 heterocycles. The summed E-state index contributed by atoms with van der Waals surface area (Å²) in [7, 11) is 2.12. The van der Waals surface area contributed by atoms with Crippen molar-refractivity contribution in [1.82, 2.24) is 15.1 Å². The number of likely N-dealkylation sites (tertiary alicyclic amines) is 2. The fourth-order valence-electron chi connectivity index (χ4n) is 3.20. The van der Waals surface area contributed by atoms with Crippen LogP contribution in [-0.2, 0) is 4.79 Å². The molecule has 2 aliphatic rings. The van der Waals surface area contributed by atoms with Crippen LogP contribution in [0.2, 0.25) is 0 Å². The summed E-state index contributed by atoms with van der Waals surface area (Å²) in [5.41, 5.74) is -0.678. The Kier molecular flexibility index (Phi) is 5.08. The van der Waals surface area contributed by atoms with Crippen molar-refractivity contribution in [3.8, 4) is 0 Å². The van der Waals surface area contributed by atoms with E-state index in [9.17, 15) is 14.7 Å². The minimum atomic E-state index is -0.757. The Balaban J connectivity index is 1.73. The molecule has 2 amide bonds. The van der Waals surface area contributed by atoms with Crippen molar-refractivity contribution in [2.24, 2.45) is 11.3 Å². The summed E-state index contributed by atoms with van der Waals surface area (Å²) < 4.78 is 0. The van der Waals surface area contributed by atoms with Crippen molar-refractivity contribution in [2.45, 2.75) is 32.6 Å². The van der Waals surface area contributed by atoms with Crippen LogP contribution in [-0.4, -0.2) is 66.7 Å². The topological polar surface area (TPSA) is 72.9 Å². The van der Waals surface area contributed by atoms with E-state index in [1.807, 2.05) is 0 Å². The minimum Gasteiger partial charge on any atom is -0.481 e. The number of nitrogens with one attached hydrogen (secondary N) is 1. The van der Waals surface area contributed by atoms with Crippen LogP contribution in [0, 0.1) is 11.3 Å². The van der Waals surface area contributed by atoms with E-state index >= 15 is 0 Å². The maximum Gasteiger partial charge on any atom is 0.317 e. The smallest absolute Gasteiger partial charge is 0.317 e. The van der Waals surface area contributed by atoms with Gasteiger partial charge >= 0.3 is 12.0 Å². The second-order valence-electron chi connectivity index (χ2n) is 6.81. The van der Waals surface area contributed by atoms with Gasteiger partial charge in [0.25, 0.3) is 0 Å². The van der Waals surface area contributed by atoms with Gasteiger partial charge in [-0.1, -0.05) is 0 Å². The summed E-state index contributed by atoms with van der Waals surface area (Å²) >= 11 is 0. The molecule has 2 rings (SSSR count). The molecule has 0 spiro atoms. The molecule has 2 N–H and O–H groups in total. The zero-order valence-electron chi connectivity index (χ0n) is 13.1. The maximum atomic E-state index is 12.2. The van der Waals surface area contributed by atoms with Gasteiger partial charge in [0.15, 0.2) is 0 Å². The first-order valence-corrected chi connectivity index (χ1v) is 7.85. The molecule has 1 atom stereocenters. The second kappa shape index (κ2) is 6.64. The minimum absolute atomic E-state index is 0.0457. The number of amides is 2. The number of hydrogen-bond donors (Lipinski definition) is 2. The summed E-state index contributed by atoms with van der Waals surface area (Å²) in [6.45, 7) is 5.72. The molecule has 0 aromatic carbocycles. The van der Waals surface area contributed by atoms with Gasteiger partial charge in [0.2, 0.25) is 0 Å². The summed E-state index contributed by atoms with van der Waals surface area (Å²) in [5.74, 6) is -0.227. The zero-order valence-corrected chi connectivity index (χ0v) is 13.1. The normalized spacial score (nSPS) is 26.4. The maximum absolute atomic E-state index is 12.2. The predicted octanol–water partition coefficient (Wildman–Crippen LogP) is 1.22. The lowest BCUT2D eigenvalue weighted by Crippen LogP contribution is -2.50. The Labute approximate surface area is 126 Å². The Morgan fingerprint density at radius 2 is 1.95 bits per heavy atom. The molecule has 0 aromatic heterocycles. The molecule has 120 valence electrons. The highest BCUT2D eigenvalue weighted by Gasteiger charge is 2.38. The van der Waals surface area contributed by atoms with Gasteiger partial charge in [0, 0.05) is 26.2 Å². The van der Waals surface area contributed by atoms with Gasteiger partial charge in [-0.15, -0.1) is 0 Å². The van der Waals surface area contributed by atoms with Crippen molar-refractivity contribution in [3.05, 3.63) is 0 Å². The highest BCUT2D eigenvalue weighted by molar-refractivity contribution is 5.76. The van der Waals surface area contributed by atoms with Gasteiger partial charge in [-0.2, -0.15) is 0 Å². The molecule has 6 nitrogen and oxygen atoms in total. The lowest BCUT2D eigenvalue weighted by Gasteiger charge is -2.37. The Morgan fingerprint density at radius 3 is 2.52 bits per heavy atom. The molecular weight excluding hydrogens is 270 g/mol. The number of nitrogens with zero attached hydrogens (tertiary/aromatic N) is 2. The number of carbonyl (C=O) groups is 2. The lowest BCUT2D eigenvalue weighted by molar-refractivity contribution is -0.150. The summed E-state index contributed by atoms with van der Waals surface area (Å²) in [6.07, 6.45) is 3.42. The van der Waals surface area contributed by atoms with Crippen LogP contribution in [0.4, 0.5) is 4.79 Å².